The van der Waals surface area contributed by atoms with Crippen molar-refractivity contribution in [2.45, 2.75) is 78.2 Å². The zero-order valence-electron chi connectivity index (χ0n) is 19.2. The van der Waals surface area contributed by atoms with E-state index in [4.69, 9.17) is 0 Å². The average Bonchev–Trinajstić information content (AvgIpc) is 3.34. The standard InChI is InChI=1S/C27H37N3O/c1-17-5-7-20-18(14-17)6-8-22-21(20)11-12-27(2)23(22)9-10-24(27)25(31)16-30-26-19(15-29-30)4-3-13-28-26/h3-4,13,15,17-18,20-24H,5-12,14,16H2,1-2H3/t17?,18-,20+,21?,22?,23?,24?,27?/m1/s1. The fraction of sp³-hybridized carbons (Fsp3) is 0.741. The molecule has 0 bridgehead atoms. The lowest BCUT2D eigenvalue weighted by Gasteiger charge is -2.56. The largest absolute Gasteiger partial charge is 0.297 e. The molecule has 4 aliphatic rings. The summed E-state index contributed by atoms with van der Waals surface area (Å²) in [7, 11) is 0. The van der Waals surface area contributed by atoms with E-state index in [0.717, 1.165) is 53.0 Å². The van der Waals surface area contributed by atoms with Crippen LogP contribution in [-0.2, 0) is 11.3 Å². The highest BCUT2D eigenvalue weighted by molar-refractivity contribution is 5.84. The summed E-state index contributed by atoms with van der Waals surface area (Å²) in [5.74, 6) is 6.08. The molecule has 2 aromatic rings. The van der Waals surface area contributed by atoms with Crippen LogP contribution in [0.5, 0.6) is 0 Å². The molecule has 6 rings (SSSR count). The van der Waals surface area contributed by atoms with Gasteiger partial charge in [0.1, 0.15) is 6.54 Å². The maximum absolute atomic E-state index is 13.6. The van der Waals surface area contributed by atoms with Gasteiger partial charge in [0.05, 0.1) is 6.20 Å². The molecule has 4 aliphatic carbocycles. The summed E-state index contributed by atoms with van der Waals surface area (Å²) >= 11 is 0. The molecule has 0 spiro atoms. The van der Waals surface area contributed by atoms with Gasteiger partial charge in [-0.05, 0) is 104 Å². The lowest BCUT2D eigenvalue weighted by Crippen LogP contribution is -2.49. The number of ketones is 1. The van der Waals surface area contributed by atoms with Gasteiger partial charge in [-0.2, -0.15) is 5.10 Å². The van der Waals surface area contributed by atoms with Gasteiger partial charge in [-0.3, -0.25) is 4.79 Å². The number of Topliss-reactive ketones (excluding diaryl/α,β-unsaturated/α-hetero) is 1. The number of rotatable bonds is 3. The molecular formula is C27H37N3O. The second-order valence-corrected chi connectivity index (χ2v) is 11.7. The number of hydrogen-bond acceptors (Lipinski definition) is 3. The molecule has 0 amide bonds. The number of carbonyl (C=O) groups excluding carboxylic acids is 1. The van der Waals surface area contributed by atoms with Crippen LogP contribution in [0.15, 0.2) is 24.5 Å². The Kier molecular flexibility index (Phi) is 4.77. The van der Waals surface area contributed by atoms with Crippen molar-refractivity contribution in [2.24, 2.45) is 46.8 Å². The van der Waals surface area contributed by atoms with E-state index in [1.807, 2.05) is 23.0 Å². The summed E-state index contributed by atoms with van der Waals surface area (Å²) in [5.41, 5.74) is 1.03. The second-order valence-electron chi connectivity index (χ2n) is 11.7. The molecule has 0 aromatic carbocycles. The minimum absolute atomic E-state index is 0.198. The summed E-state index contributed by atoms with van der Waals surface area (Å²) in [4.78, 5) is 18.0. The predicted octanol–water partition coefficient (Wildman–Crippen LogP) is 5.91. The molecule has 6 unspecified atom stereocenters. The van der Waals surface area contributed by atoms with E-state index in [9.17, 15) is 4.79 Å². The molecular weight excluding hydrogens is 382 g/mol. The molecule has 0 radical (unpaired) electrons. The molecule has 4 nitrogen and oxygen atoms in total. The van der Waals surface area contributed by atoms with Crippen molar-refractivity contribution in [3.8, 4) is 0 Å². The van der Waals surface area contributed by atoms with Crippen molar-refractivity contribution in [3.05, 3.63) is 24.5 Å². The highest BCUT2D eigenvalue weighted by Crippen LogP contribution is 2.64. The van der Waals surface area contributed by atoms with Crippen LogP contribution in [0.25, 0.3) is 11.0 Å². The van der Waals surface area contributed by atoms with Gasteiger partial charge in [-0.25, -0.2) is 9.67 Å². The van der Waals surface area contributed by atoms with Gasteiger partial charge < -0.3 is 0 Å². The highest BCUT2D eigenvalue weighted by atomic mass is 16.1. The van der Waals surface area contributed by atoms with E-state index in [2.05, 4.69) is 23.9 Å². The monoisotopic (exact) mass is 419 g/mol. The van der Waals surface area contributed by atoms with Crippen LogP contribution in [0.2, 0.25) is 0 Å². The molecule has 4 fully saturated rings. The first kappa shape index (κ1) is 19.9. The van der Waals surface area contributed by atoms with E-state index in [1.54, 1.807) is 6.20 Å². The number of carbonyl (C=O) groups is 1. The zero-order valence-corrected chi connectivity index (χ0v) is 19.2. The van der Waals surface area contributed by atoms with E-state index in [-0.39, 0.29) is 11.3 Å². The highest BCUT2D eigenvalue weighted by Gasteiger charge is 2.58. The van der Waals surface area contributed by atoms with Gasteiger partial charge in [0.25, 0.3) is 0 Å². The van der Waals surface area contributed by atoms with Crippen LogP contribution in [0.3, 0.4) is 0 Å². The van der Waals surface area contributed by atoms with Crippen LogP contribution in [-0.4, -0.2) is 20.5 Å². The van der Waals surface area contributed by atoms with Crippen molar-refractivity contribution in [1.29, 1.82) is 0 Å². The Morgan fingerprint density at radius 1 is 1.10 bits per heavy atom. The number of nitrogens with zero attached hydrogens (tertiary/aromatic N) is 3. The molecule has 2 aromatic heterocycles. The first-order chi connectivity index (χ1) is 15.0. The van der Waals surface area contributed by atoms with Crippen LogP contribution < -0.4 is 0 Å². The number of hydrogen-bond donors (Lipinski definition) is 0. The third-order valence-electron chi connectivity index (χ3n) is 10.3. The van der Waals surface area contributed by atoms with Gasteiger partial charge in [-0.1, -0.05) is 20.3 Å². The first-order valence-corrected chi connectivity index (χ1v) is 12.8. The summed E-state index contributed by atoms with van der Waals surface area (Å²) in [6, 6.07) is 3.95. The van der Waals surface area contributed by atoms with E-state index in [0.29, 0.717) is 12.3 Å². The van der Waals surface area contributed by atoms with Crippen LogP contribution >= 0.6 is 0 Å². The second kappa shape index (κ2) is 7.42. The minimum atomic E-state index is 0.198. The van der Waals surface area contributed by atoms with Gasteiger partial charge in [0.2, 0.25) is 0 Å². The fourth-order valence-electron chi connectivity index (χ4n) is 8.90. The normalized spacial score (nSPS) is 42.1. The first-order valence-electron chi connectivity index (χ1n) is 12.8. The summed E-state index contributed by atoms with van der Waals surface area (Å²) < 4.78 is 1.83. The summed E-state index contributed by atoms with van der Waals surface area (Å²) in [5, 5.41) is 5.50. The molecule has 0 aliphatic heterocycles. The van der Waals surface area contributed by atoms with Crippen molar-refractivity contribution < 1.29 is 4.79 Å². The van der Waals surface area contributed by atoms with E-state index >= 15 is 0 Å². The van der Waals surface area contributed by atoms with Gasteiger partial charge in [-0.15, -0.1) is 0 Å². The SMILES string of the molecule is CC1CC[C@@H]2C3CCC4(C)C(C(=O)Cn5ncc6cccnc65)CCC4C3CC[C@@H]2C1. The summed E-state index contributed by atoms with van der Waals surface area (Å²) in [6.45, 7) is 5.31. The van der Waals surface area contributed by atoms with Crippen molar-refractivity contribution in [2.75, 3.05) is 0 Å². The number of fused-ring (bicyclic) bond motifs is 6. The molecule has 2 heterocycles. The zero-order chi connectivity index (χ0) is 21.2. The quantitative estimate of drug-likeness (QED) is 0.622. The molecule has 0 saturated heterocycles. The lowest BCUT2D eigenvalue weighted by atomic mass is 9.49. The third kappa shape index (κ3) is 3.11. The van der Waals surface area contributed by atoms with Crippen molar-refractivity contribution in [3.63, 3.8) is 0 Å². The number of aromatic nitrogens is 3. The Labute approximate surface area is 186 Å². The molecule has 8 atom stereocenters. The molecule has 0 N–H and O–H groups in total. The Balaban J connectivity index is 1.20. The maximum atomic E-state index is 13.6. The maximum Gasteiger partial charge on any atom is 0.158 e. The van der Waals surface area contributed by atoms with Gasteiger partial charge >= 0.3 is 0 Å². The molecule has 166 valence electrons. The van der Waals surface area contributed by atoms with Gasteiger partial charge in [0.15, 0.2) is 11.4 Å². The van der Waals surface area contributed by atoms with Crippen LogP contribution in [0.1, 0.15) is 71.6 Å². The average molecular weight is 420 g/mol. The van der Waals surface area contributed by atoms with Crippen LogP contribution in [0, 0.1) is 46.8 Å². The topological polar surface area (TPSA) is 47.8 Å². The third-order valence-corrected chi connectivity index (χ3v) is 10.3. The predicted molar refractivity (Wildman–Crippen MR) is 122 cm³/mol. The Bertz CT molecular complexity index is 982. The Morgan fingerprint density at radius 3 is 2.87 bits per heavy atom. The van der Waals surface area contributed by atoms with Crippen LogP contribution in [0.4, 0.5) is 0 Å². The smallest absolute Gasteiger partial charge is 0.158 e. The Morgan fingerprint density at radius 2 is 1.97 bits per heavy atom. The molecule has 4 heteroatoms. The summed E-state index contributed by atoms with van der Waals surface area (Å²) in [6.07, 6.45) is 15.9. The molecule has 4 saturated carbocycles. The van der Waals surface area contributed by atoms with E-state index in [1.165, 1.54) is 51.4 Å². The Hall–Kier alpha value is -1.71. The number of pyridine rings is 1. The van der Waals surface area contributed by atoms with Crippen molar-refractivity contribution >= 4 is 16.8 Å². The lowest BCUT2D eigenvalue weighted by molar-refractivity contribution is -0.131. The molecule has 31 heavy (non-hydrogen) atoms. The van der Waals surface area contributed by atoms with Crippen molar-refractivity contribution in [1.82, 2.24) is 14.8 Å². The van der Waals surface area contributed by atoms with E-state index < -0.39 is 0 Å². The minimum Gasteiger partial charge on any atom is -0.297 e. The fourth-order valence-corrected chi connectivity index (χ4v) is 8.90. The van der Waals surface area contributed by atoms with Gasteiger partial charge in [0, 0.05) is 17.5 Å².